The molecule has 0 unspecified atom stereocenters. The predicted molar refractivity (Wildman–Crippen MR) is 102 cm³/mol. The van der Waals surface area contributed by atoms with E-state index in [1.165, 1.54) is 6.07 Å². The number of nitrogens with zero attached hydrogens (tertiary/aromatic N) is 2. The van der Waals surface area contributed by atoms with E-state index in [9.17, 15) is 18.0 Å². The van der Waals surface area contributed by atoms with Crippen LogP contribution in [0.3, 0.4) is 0 Å². The van der Waals surface area contributed by atoms with Crippen LogP contribution in [0.15, 0.2) is 48.5 Å². The van der Waals surface area contributed by atoms with Crippen LogP contribution in [-0.4, -0.2) is 43.1 Å². The third kappa shape index (κ3) is 4.77. The number of alkyl halides is 3. The summed E-state index contributed by atoms with van der Waals surface area (Å²) in [7, 11) is 0. The molecule has 150 valence electrons. The van der Waals surface area contributed by atoms with Gasteiger partial charge in [-0.2, -0.15) is 13.2 Å². The van der Waals surface area contributed by atoms with Gasteiger partial charge in [-0.25, -0.2) is 0 Å². The van der Waals surface area contributed by atoms with Gasteiger partial charge in [-0.05, 0) is 56.3 Å². The number of ether oxygens (including phenoxy) is 1. The van der Waals surface area contributed by atoms with E-state index < -0.39 is 11.7 Å². The van der Waals surface area contributed by atoms with Gasteiger partial charge in [-0.1, -0.05) is 6.07 Å². The molecule has 3 rings (SSSR count). The van der Waals surface area contributed by atoms with Crippen molar-refractivity contribution < 1.29 is 22.7 Å². The van der Waals surface area contributed by atoms with Crippen LogP contribution < -0.4 is 9.64 Å². The van der Waals surface area contributed by atoms with Crippen LogP contribution in [0.1, 0.15) is 29.8 Å². The molecule has 4 nitrogen and oxygen atoms in total. The molecule has 1 aliphatic rings. The number of amides is 1. The van der Waals surface area contributed by atoms with Gasteiger partial charge in [0, 0.05) is 37.4 Å². The molecule has 0 spiro atoms. The summed E-state index contributed by atoms with van der Waals surface area (Å²) < 4.78 is 44.3. The lowest BCUT2D eigenvalue weighted by molar-refractivity contribution is -0.137. The fourth-order valence-electron chi connectivity index (χ4n) is 3.18. The van der Waals surface area contributed by atoms with E-state index in [4.69, 9.17) is 4.74 Å². The summed E-state index contributed by atoms with van der Waals surface area (Å²) in [6.45, 7) is 5.76. The van der Waals surface area contributed by atoms with Crippen molar-refractivity contribution in [1.29, 1.82) is 0 Å². The number of hydrogen-bond donors (Lipinski definition) is 0. The molecule has 0 radical (unpaired) electrons. The predicted octanol–water partition coefficient (Wildman–Crippen LogP) is 4.46. The Morgan fingerprint density at radius 1 is 1.00 bits per heavy atom. The number of hydrogen-bond acceptors (Lipinski definition) is 3. The molecular weight excluding hydrogens is 369 g/mol. The second-order valence-corrected chi connectivity index (χ2v) is 7.02. The number of anilines is 1. The van der Waals surface area contributed by atoms with Crippen molar-refractivity contribution in [2.45, 2.75) is 26.1 Å². The molecule has 0 atom stereocenters. The fraction of sp³-hybridized carbons (Fsp3) is 0.381. The molecule has 0 aliphatic carbocycles. The molecule has 0 aromatic heterocycles. The Labute approximate surface area is 162 Å². The van der Waals surface area contributed by atoms with Crippen LogP contribution in [-0.2, 0) is 6.18 Å². The summed E-state index contributed by atoms with van der Waals surface area (Å²) in [5.41, 5.74) is 0.438. The molecule has 1 aliphatic heterocycles. The topological polar surface area (TPSA) is 32.8 Å². The number of halogens is 3. The average molecular weight is 392 g/mol. The summed E-state index contributed by atoms with van der Waals surface area (Å²) in [5, 5.41) is 0. The Morgan fingerprint density at radius 2 is 1.64 bits per heavy atom. The third-order valence-corrected chi connectivity index (χ3v) is 4.58. The van der Waals surface area contributed by atoms with Gasteiger partial charge in [0.1, 0.15) is 5.75 Å². The lowest BCUT2D eigenvalue weighted by Crippen LogP contribution is -2.48. The van der Waals surface area contributed by atoms with Crippen molar-refractivity contribution >= 4 is 11.6 Å². The van der Waals surface area contributed by atoms with Gasteiger partial charge in [0.15, 0.2) is 0 Å². The largest absolute Gasteiger partial charge is 0.491 e. The summed E-state index contributed by atoms with van der Waals surface area (Å²) in [5.74, 6) is 0.626. The second-order valence-electron chi connectivity index (χ2n) is 7.02. The Morgan fingerprint density at radius 3 is 2.21 bits per heavy atom. The van der Waals surface area contributed by atoms with E-state index >= 15 is 0 Å². The zero-order valence-electron chi connectivity index (χ0n) is 15.9. The van der Waals surface area contributed by atoms with Gasteiger partial charge in [0.2, 0.25) is 0 Å². The van der Waals surface area contributed by atoms with Gasteiger partial charge < -0.3 is 14.5 Å². The zero-order valence-corrected chi connectivity index (χ0v) is 15.9. The third-order valence-electron chi connectivity index (χ3n) is 4.58. The lowest BCUT2D eigenvalue weighted by atomic mass is 10.1. The SMILES string of the molecule is CC(C)Oc1ccc(C(=O)N2CCN(c3cccc(C(F)(F)F)c3)CC2)cc1. The molecule has 0 N–H and O–H groups in total. The molecular formula is C21H23F3N2O2. The summed E-state index contributed by atoms with van der Waals surface area (Å²) >= 11 is 0. The van der Waals surface area contributed by atoms with E-state index in [-0.39, 0.29) is 12.0 Å². The number of carbonyl (C=O) groups is 1. The summed E-state index contributed by atoms with van der Waals surface area (Å²) in [4.78, 5) is 16.3. The van der Waals surface area contributed by atoms with Gasteiger partial charge >= 0.3 is 6.18 Å². The minimum absolute atomic E-state index is 0.0606. The van der Waals surface area contributed by atoms with Crippen molar-refractivity contribution in [1.82, 2.24) is 4.90 Å². The molecule has 2 aromatic rings. The number of benzene rings is 2. The van der Waals surface area contributed by atoms with Gasteiger partial charge in [-0.3, -0.25) is 4.79 Å². The molecule has 0 saturated carbocycles. The van der Waals surface area contributed by atoms with Crippen molar-refractivity contribution in [3.8, 4) is 5.75 Å². The fourth-order valence-corrected chi connectivity index (χ4v) is 3.18. The highest BCUT2D eigenvalue weighted by Crippen LogP contribution is 2.32. The maximum absolute atomic E-state index is 12.9. The first kappa shape index (κ1) is 20.0. The number of rotatable bonds is 4. The van der Waals surface area contributed by atoms with Crippen molar-refractivity contribution in [2.75, 3.05) is 31.1 Å². The minimum Gasteiger partial charge on any atom is -0.491 e. The van der Waals surface area contributed by atoms with Crippen LogP contribution in [0.2, 0.25) is 0 Å². The molecule has 7 heteroatoms. The summed E-state index contributed by atoms with van der Waals surface area (Å²) in [6, 6.07) is 12.3. The van der Waals surface area contributed by atoms with Crippen molar-refractivity contribution in [3.63, 3.8) is 0 Å². The maximum Gasteiger partial charge on any atom is 0.416 e. The smallest absolute Gasteiger partial charge is 0.416 e. The lowest BCUT2D eigenvalue weighted by Gasteiger charge is -2.36. The van der Waals surface area contributed by atoms with Gasteiger partial charge in [0.05, 0.1) is 11.7 Å². The second kappa shape index (κ2) is 8.12. The quantitative estimate of drug-likeness (QED) is 0.771. The highest BCUT2D eigenvalue weighted by molar-refractivity contribution is 5.94. The van der Waals surface area contributed by atoms with Crippen LogP contribution in [0, 0.1) is 0 Å². The highest BCUT2D eigenvalue weighted by Gasteiger charge is 2.31. The summed E-state index contributed by atoms with van der Waals surface area (Å²) in [6.07, 6.45) is -4.30. The van der Waals surface area contributed by atoms with E-state index in [0.29, 0.717) is 43.2 Å². The average Bonchev–Trinajstić information content (AvgIpc) is 2.67. The highest BCUT2D eigenvalue weighted by atomic mass is 19.4. The van der Waals surface area contributed by atoms with E-state index in [2.05, 4.69) is 0 Å². The minimum atomic E-state index is -4.36. The number of piperazine rings is 1. The van der Waals surface area contributed by atoms with Crippen LogP contribution in [0.4, 0.5) is 18.9 Å². The monoisotopic (exact) mass is 392 g/mol. The van der Waals surface area contributed by atoms with E-state index in [0.717, 1.165) is 12.1 Å². The maximum atomic E-state index is 12.9. The zero-order chi connectivity index (χ0) is 20.3. The van der Waals surface area contributed by atoms with Crippen molar-refractivity contribution in [3.05, 3.63) is 59.7 Å². The first-order valence-corrected chi connectivity index (χ1v) is 9.22. The molecule has 2 aromatic carbocycles. The van der Waals surface area contributed by atoms with Crippen molar-refractivity contribution in [2.24, 2.45) is 0 Å². The Bertz CT molecular complexity index is 811. The van der Waals surface area contributed by atoms with Crippen LogP contribution >= 0.6 is 0 Å². The molecule has 1 saturated heterocycles. The molecule has 1 heterocycles. The Balaban J connectivity index is 1.61. The van der Waals surface area contributed by atoms with Gasteiger partial charge in [0.25, 0.3) is 5.91 Å². The Hall–Kier alpha value is -2.70. The molecule has 1 amide bonds. The van der Waals surface area contributed by atoms with E-state index in [1.54, 1.807) is 35.2 Å². The first-order chi connectivity index (χ1) is 13.2. The molecule has 1 fully saturated rings. The van der Waals surface area contributed by atoms with Crippen LogP contribution in [0.25, 0.3) is 0 Å². The van der Waals surface area contributed by atoms with E-state index in [1.807, 2.05) is 18.7 Å². The standard InChI is InChI=1S/C21H23F3N2O2/c1-15(2)28-19-8-6-16(7-9-19)20(27)26-12-10-25(11-13-26)18-5-3-4-17(14-18)21(22,23)24/h3-9,14-15H,10-13H2,1-2H3. The normalized spacial score (nSPS) is 15.1. The van der Waals surface area contributed by atoms with Crippen LogP contribution in [0.5, 0.6) is 5.75 Å². The van der Waals surface area contributed by atoms with Gasteiger partial charge in [-0.15, -0.1) is 0 Å². The first-order valence-electron chi connectivity index (χ1n) is 9.22. The molecule has 28 heavy (non-hydrogen) atoms. The molecule has 0 bridgehead atoms. The number of carbonyl (C=O) groups excluding carboxylic acids is 1. The Kier molecular flexibility index (Phi) is 5.82.